The van der Waals surface area contributed by atoms with Gasteiger partial charge in [-0.05, 0) is 113 Å². The molecule has 0 heterocycles. The minimum absolute atomic E-state index is 0.412. The lowest BCUT2D eigenvalue weighted by molar-refractivity contribution is 0.768. The molecule has 0 radical (unpaired) electrons. The first-order valence-electron chi connectivity index (χ1n) is 19.4. The first-order chi connectivity index (χ1) is 27.8. The Morgan fingerprint density at radius 2 is 0.732 bits per heavy atom. The zero-order valence-corrected chi connectivity index (χ0v) is 30.8. The Bertz CT molecular complexity index is 2990. The Balaban J connectivity index is 1.05. The summed E-state index contributed by atoms with van der Waals surface area (Å²) in [6.45, 7) is 0. The molecule has 1 aliphatic rings. The Hall–Kier alpha value is -7.22. The van der Waals surface area contributed by atoms with Crippen molar-refractivity contribution in [3.05, 3.63) is 247 Å². The Morgan fingerprint density at radius 3 is 1.36 bits per heavy atom. The fraction of sp³-hybridized carbons (Fsp3) is 0.0182. The van der Waals surface area contributed by atoms with E-state index in [9.17, 15) is 0 Å². The zero-order chi connectivity index (χ0) is 37.1. The van der Waals surface area contributed by atoms with E-state index in [0.717, 1.165) is 17.1 Å². The summed E-state index contributed by atoms with van der Waals surface area (Å²) in [5.41, 5.74) is 13.1. The molecule has 1 nitrogen and oxygen atoms in total. The molecule has 0 saturated carbocycles. The summed E-state index contributed by atoms with van der Waals surface area (Å²) >= 11 is 0. The van der Waals surface area contributed by atoms with Gasteiger partial charge in [-0.3, -0.25) is 0 Å². The van der Waals surface area contributed by atoms with Gasteiger partial charge in [0.05, 0.1) is 5.41 Å². The van der Waals surface area contributed by atoms with E-state index >= 15 is 0 Å². The molecule has 0 spiro atoms. The SMILES string of the molecule is c1ccc(N(c2cccc(-c3ccc(C4(c5ccccc5)c5ccccc5-c5ccccc54)cc3)c2)c2ccc3c4ccccc4c4ccccc4c3c2)cc1. The molecule has 0 saturated heterocycles. The summed E-state index contributed by atoms with van der Waals surface area (Å²) in [6.07, 6.45) is 0. The number of rotatable bonds is 6. The second-order valence-electron chi connectivity index (χ2n) is 14.8. The van der Waals surface area contributed by atoms with Crippen molar-refractivity contribution in [2.75, 3.05) is 4.90 Å². The maximum atomic E-state index is 2.39. The van der Waals surface area contributed by atoms with Crippen LogP contribution in [-0.4, -0.2) is 0 Å². The van der Waals surface area contributed by atoms with Gasteiger partial charge < -0.3 is 4.90 Å². The van der Waals surface area contributed by atoms with Crippen LogP contribution in [0.15, 0.2) is 224 Å². The summed E-state index contributed by atoms with van der Waals surface area (Å²) in [7, 11) is 0. The number of hydrogen-bond donors (Lipinski definition) is 0. The van der Waals surface area contributed by atoms with Crippen molar-refractivity contribution in [2.24, 2.45) is 0 Å². The molecule has 0 atom stereocenters. The van der Waals surface area contributed by atoms with Gasteiger partial charge in [-0.15, -0.1) is 0 Å². The van der Waals surface area contributed by atoms with E-state index in [4.69, 9.17) is 0 Å². The largest absolute Gasteiger partial charge is 0.310 e. The van der Waals surface area contributed by atoms with Crippen LogP contribution in [-0.2, 0) is 5.41 Å². The van der Waals surface area contributed by atoms with Crippen LogP contribution in [0.1, 0.15) is 22.3 Å². The number of nitrogens with zero attached hydrogens (tertiary/aromatic N) is 1. The van der Waals surface area contributed by atoms with Crippen molar-refractivity contribution in [2.45, 2.75) is 5.41 Å². The molecular formula is C55H37N. The second-order valence-corrected chi connectivity index (χ2v) is 14.8. The van der Waals surface area contributed by atoms with Gasteiger partial charge in [0.2, 0.25) is 0 Å². The molecule has 0 aromatic heterocycles. The van der Waals surface area contributed by atoms with Crippen LogP contribution in [0.4, 0.5) is 17.1 Å². The fourth-order valence-electron chi connectivity index (χ4n) is 9.51. The smallest absolute Gasteiger partial charge is 0.0713 e. The lowest BCUT2D eigenvalue weighted by atomic mass is 9.67. The molecule has 56 heavy (non-hydrogen) atoms. The van der Waals surface area contributed by atoms with Gasteiger partial charge in [0.15, 0.2) is 0 Å². The number of anilines is 3. The molecule has 0 aliphatic heterocycles. The molecule has 11 rings (SSSR count). The average Bonchev–Trinajstić information content (AvgIpc) is 3.58. The number of benzene rings is 10. The second kappa shape index (κ2) is 13.0. The first kappa shape index (κ1) is 32.2. The van der Waals surface area contributed by atoms with Crippen LogP contribution >= 0.6 is 0 Å². The Morgan fingerprint density at radius 1 is 0.268 bits per heavy atom. The van der Waals surface area contributed by atoms with Gasteiger partial charge in [-0.1, -0.05) is 188 Å². The number of para-hydroxylation sites is 1. The van der Waals surface area contributed by atoms with Gasteiger partial charge in [0, 0.05) is 17.1 Å². The molecule has 0 N–H and O–H groups in total. The highest BCUT2D eigenvalue weighted by molar-refractivity contribution is 6.25. The third-order valence-corrected chi connectivity index (χ3v) is 11.9. The number of fused-ring (bicyclic) bond motifs is 9. The Kier molecular flexibility index (Phi) is 7.47. The molecule has 1 aliphatic carbocycles. The summed E-state index contributed by atoms with van der Waals surface area (Å²) < 4.78 is 0. The van der Waals surface area contributed by atoms with E-state index in [-0.39, 0.29) is 0 Å². The van der Waals surface area contributed by atoms with Crippen molar-refractivity contribution >= 4 is 49.4 Å². The summed E-state index contributed by atoms with van der Waals surface area (Å²) in [5, 5.41) is 7.65. The highest BCUT2D eigenvalue weighted by atomic mass is 15.1. The fourth-order valence-corrected chi connectivity index (χ4v) is 9.51. The van der Waals surface area contributed by atoms with Gasteiger partial charge >= 0.3 is 0 Å². The van der Waals surface area contributed by atoms with Crippen LogP contribution < -0.4 is 4.90 Å². The van der Waals surface area contributed by atoms with Crippen LogP contribution in [0.5, 0.6) is 0 Å². The molecule has 1 heteroatoms. The van der Waals surface area contributed by atoms with Gasteiger partial charge in [0.1, 0.15) is 0 Å². The van der Waals surface area contributed by atoms with Crippen molar-refractivity contribution < 1.29 is 0 Å². The van der Waals surface area contributed by atoms with Crippen molar-refractivity contribution in [1.29, 1.82) is 0 Å². The van der Waals surface area contributed by atoms with Gasteiger partial charge in [-0.25, -0.2) is 0 Å². The van der Waals surface area contributed by atoms with Crippen LogP contribution in [0.25, 0.3) is 54.6 Å². The standard InChI is InChI=1S/C55H37N/c1-3-17-40(18-4-1)55(53-28-13-11-26-50(53)51-27-12-14-29-54(51)55)41-32-30-38(31-33-41)39-16-15-21-43(36-39)56(42-19-5-2-6-20-42)44-34-35-49-47-24-8-7-22-45(47)46-23-9-10-25-48(46)52(49)37-44/h1-37H. The van der Waals surface area contributed by atoms with Crippen LogP contribution in [0.2, 0.25) is 0 Å². The maximum absolute atomic E-state index is 2.39. The zero-order valence-electron chi connectivity index (χ0n) is 30.8. The topological polar surface area (TPSA) is 3.24 Å². The quantitative estimate of drug-likeness (QED) is 0.155. The summed E-state index contributed by atoms with van der Waals surface area (Å²) in [4.78, 5) is 2.39. The van der Waals surface area contributed by atoms with E-state index in [1.807, 2.05) is 0 Å². The lowest BCUT2D eigenvalue weighted by Gasteiger charge is -2.34. The van der Waals surface area contributed by atoms with Crippen molar-refractivity contribution in [3.8, 4) is 22.3 Å². The lowest BCUT2D eigenvalue weighted by Crippen LogP contribution is -2.28. The first-order valence-corrected chi connectivity index (χ1v) is 19.4. The molecule has 0 amide bonds. The van der Waals surface area contributed by atoms with E-state index in [0.29, 0.717) is 0 Å². The van der Waals surface area contributed by atoms with Crippen molar-refractivity contribution in [3.63, 3.8) is 0 Å². The highest BCUT2D eigenvalue weighted by Crippen LogP contribution is 2.56. The third-order valence-electron chi connectivity index (χ3n) is 11.9. The molecule has 10 aromatic rings. The van der Waals surface area contributed by atoms with Crippen LogP contribution in [0, 0.1) is 0 Å². The third kappa shape index (κ3) is 4.88. The summed E-state index contributed by atoms with van der Waals surface area (Å²) in [6, 6.07) is 82.4. The van der Waals surface area contributed by atoms with Gasteiger partial charge in [0.25, 0.3) is 0 Å². The summed E-state index contributed by atoms with van der Waals surface area (Å²) in [5.74, 6) is 0. The van der Waals surface area contributed by atoms with E-state index < -0.39 is 5.41 Å². The minimum atomic E-state index is -0.412. The molecule has 0 unspecified atom stereocenters. The maximum Gasteiger partial charge on any atom is 0.0713 e. The Labute approximate surface area is 327 Å². The van der Waals surface area contributed by atoms with Crippen molar-refractivity contribution in [1.82, 2.24) is 0 Å². The van der Waals surface area contributed by atoms with E-state index in [1.165, 1.54) is 76.8 Å². The van der Waals surface area contributed by atoms with E-state index in [1.54, 1.807) is 0 Å². The van der Waals surface area contributed by atoms with Gasteiger partial charge in [-0.2, -0.15) is 0 Å². The van der Waals surface area contributed by atoms with E-state index in [2.05, 4.69) is 229 Å². The predicted octanol–water partition coefficient (Wildman–Crippen LogP) is 14.6. The molecule has 0 fully saturated rings. The van der Waals surface area contributed by atoms with Crippen LogP contribution in [0.3, 0.4) is 0 Å². The molecule has 0 bridgehead atoms. The minimum Gasteiger partial charge on any atom is -0.310 e. The number of hydrogen-bond acceptors (Lipinski definition) is 1. The molecular weight excluding hydrogens is 675 g/mol. The monoisotopic (exact) mass is 711 g/mol. The highest BCUT2D eigenvalue weighted by Gasteiger charge is 2.45. The molecule has 10 aromatic carbocycles. The normalized spacial score (nSPS) is 12.8. The predicted molar refractivity (Wildman–Crippen MR) is 236 cm³/mol. The average molecular weight is 712 g/mol. The molecule has 262 valence electrons.